The predicted molar refractivity (Wildman–Crippen MR) is 93.7 cm³/mol. The molecule has 24 heavy (non-hydrogen) atoms. The van der Waals surface area contributed by atoms with Gasteiger partial charge in [0.05, 0.1) is 12.1 Å². The molecule has 1 heterocycles. The Hall–Kier alpha value is -1.59. The fraction of sp³-hybridized carbons (Fsp3) is 0.556. The van der Waals surface area contributed by atoms with E-state index >= 15 is 0 Å². The molecule has 0 aromatic heterocycles. The van der Waals surface area contributed by atoms with Crippen molar-refractivity contribution in [3.05, 3.63) is 34.9 Å². The Labute approximate surface area is 148 Å². The van der Waals surface area contributed by atoms with E-state index in [1.54, 1.807) is 20.1 Å². The summed E-state index contributed by atoms with van der Waals surface area (Å²) in [5.41, 5.74) is 0.966. The molecule has 2 amide bonds. The molecule has 2 atom stereocenters. The summed E-state index contributed by atoms with van der Waals surface area (Å²) >= 11 is 5.94. The van der Waals surface area contributed by atoms with Crippen LogP contribution in [-0.2, 0) is 20.9 Å². The first-order chi connectivity index (χ1) is 11.5. The molecular formula is C18H25ClN2O3. The van der Waals surface area contributed by atoms with Crippen LogP contribution in [0.15, 0.2) is 24.3 Å². The Morgan fingerprint density at radius 3 is 2.88 bits per heavy atom. The first-order valence-electron chi connectivity index (χ1n) is 8.32. The van der Waals surface area contributed by atoms with E-state index in [9.17, 15) is 9.59 Å². The van der Waals surface area contributed by atoms with Gasteiger partial charge in [0, 0.05) is 38.6 Å². The second-order valence-electron chi connectivity index (χ2n) is 6.14. The highest BCUT2D eigenvalue weighted by atomic mass is 35.5. The number of hydrogen-bond donors (Lipinski definition) is 1. The van der Waals surface area contributed by atoms with Crippen molar-refractivity contribution in [1.82, 2.24) is 10.2 Å². The molecule has 0 radical (unpaired) electrons. The summed E-state index contributed by atoms with van der Waals surface area (Å²) in [5.74, 6) is 0.0139. The minimum Gasteiger partial charge on any atom is -0.379 e. The third-order valence-corrected chi connectivity index (χ3v) is 4.71. The van der Waals surface area contributed by atoms with E-state index in [0.717, 1.165) is 24.9 Å². The molecule has 132 valence electrons. The molecule has 1 aliphatic heterocycles. The van der Waals surface area contributed by atoms with Crippen LogP contribution in [0.1, 0.15) is 38.2 Å². The molecule has 1 fully saturated rings. The van der Waals surface area contributed by atoms with Crippen LogP contribution in [-0.4, -0.2) is 42.5 Å². The summed E-state index contributed by atoms with van der Waals surface area (Å²) < 4.78 is 5.52. The molecule has 5 nitrogen and oxygen atoms in total. The van der Waals surface area contributed by atoms with Gasteiger partial charge in [0.1, 0.15) is 0 Å². The van der Waals surface area contributed by atoms with Gasteiger partial charge in [-0.05, 0) is 37.0 Å². The number of carbonyl (C=O) groups excluding carboxylic acids is 2. The Morgan fingerprint density at radius 1 is 1.42 bits per heavy atom. The molecule has 0 saturated carbocycles. The monoisotopic (exact) mass is 352 g/mol. The molecule has 1 saturated heterocycles. The van der Waals surface area contributed by atoms with Crippen LogP contribution >= 0.6 is 11.6 Å². The molecule has 1 aromatic carbocycles. The van der Waals surface area contributed by atoms with Gasteiger partial charge in [-0.1, -0.05) is 23.7 Å². The topological polar surface area (TPSA) is 58.6 Å². The number of rotatable bonds is 6. The number of piperidine rings is 1. The molecule has 1 N–H and O–H groups in total. The summed E-state index contributed by atoms with van der Waals surface area (Å²) in [5, 5.41) is 3.56. The van der Waals surface area contributed by atoms with Gasteiger partial charge in [0.15, 0.2) is 0 Å². The maximum Gasteiger partial charge on any atom is 0.220 e. The van der Waals surface area contributed by atoms with Gasteiger partial charge in [-0.3, -0.25) is 9.59 Å². The van der Waals surface area contributed by atoms with Crippen LogP contribution in [0.2, 0.25) is 5.02 Å². The molecule has 1 aliphatic rings. The first-order valence-corrected chi connectivity index (χ1v) is 8.70. The molecule has 0 aliphatic carbocycles. The van der Waals surface area contributed by atoms with Gasteiger partial charge in [-0.2, -0.15) is 0 Å². The quantitative estimate of drug-likeness (QED) is 0.856. The molecule has 0 bridgehead atoms. The third-order valence-electron chi connectivity index (χ3n) is 4.47. The van der Waals surface area contributed by atoms with Crippen LogP contribution in [0.5, 0.6) is 0 Å². The lowest BCUT2D eigenvalue weighted by atomic mass is 9.94. The summed E-state index contributed by atoms with van der Waals surface area (Å²) in [4.78, 5) is 25.8. The zero-order chi connectivity index (χ0) is 17.5. The molecular weight excluding hydrogens is 328 g/mol. The maximum absolute atomic E-state index is 12.1. The van der Waals surface area contributed by atoms with Crippen molar-refractivity contribution in [2.24, 2.45) is 0 Å². The van der Waals surface area contributed by atoms with Gasteiger partial charge < -0.3 is 15.0 Å². The summed E-state index contributed by atoms with van der Waals surface area (Å²) in [7, 11) is 1.67. The maximum atomic E-state index is 12.1. The average molecular weight is 353 g/mol. The number of amides is 2. The van der Waals surface area contributed by atoms with Crippen molar-refractivity contribution in [3.63, 3.8) is 0 Å². The lowest BCUT2D eigenvalue weighted by Crippen LogP contribution is -2.51. The average Bonchev–Trinajstić information content (AvgIpc) is 2.57. The van der Waals surface area contributed by atoms with Gasteiger partial charge in [0.2, 0.25) is 11.8 Å². The van der Waals surface area contributed by atoms with Gasteiger partial charge in [0.25, 0.3) is 0 Å². The lowest BCUT2D eigenvalue weighted by Gasteiger charge is -2.40. The van der Waals surface area contributed by atoms with E-state index in [2.05, 4.69) is 5.32 Å². The normalized spacial score (nSPS) is 20.7. The van der Waals surface area contributed by atoms with Crippen molar-refractivity contribution in [1.29, 1.82) is 0 Å². The molecule has 6 heteroatoms. The largest absolute Gasteiger partial charge is 0.379 e. The minimum absolute atomic E-state index is 0.00313. The van der Waals surface area contributed by atoms with Crippen molar-refractivity contribution < 1.29 is 14.3 Å². The van der Waals surface area contributed by atoms with E-state index < -0.39 is 0 Å². The number of nitrogens with zero attached hydrogens (tertiary/aromatic N) is 1. The number of methoxy groups -OCH3 is 1. The molecule has 1 aromatic rings. The second kappa shape index (κ2) is 9.04. The zero-order valence-electron chi connectivity index (χ0n) is 14.3. The lowest BCUT2D eigenvalue weighted by molar-refractivity contribution is -0.138. The Morgan fingerprint density at radius 2 is 2.21 bits per heavy atom. The van der Waals surface area contributed by atoms with Crippen LogP contribution < -0.4 is 5.32 Å². The van der Waals surface area contributed by atoms with Crippen molar-refractivity contribution in [3.8, 4) is 0 Å². The number of likely N-dealkylation sites (tertiary alicyclic amines) is 1. The second-order valence-corrected chi connectivity index (χ2v) is 6.58. The molecule has 2 rings (SSSR count). The van der Waals surface area contributed by atoms with E-state index in [-0.39, 0.29) is 24.0 Å². The van der Waals surface area contributed by atoms with E-state index in [4.69, 9.17) is 16.3 Å². The van der Waals surface area contributed by atoms with Crippen LogP contribution in [0, 0.1) is 0 Å². The Kier molecular flexibility index (Phi) is 7.06. The number of nitrogens with one attached hydrogen (secondary N) is 1. The third kappa shape index (κ3) is 5.21. The van der Waals surface area contributed by atoms with Crippen LogP contribution in [0.25, 0.3) is 0 Å². The van der Waals surface area contributed by atoms with E-state index in [0.29, 0.717) is 24.4 Å². The van der Waals surface area contributed by atoms with Gasteiger partial charge in [-0.15, -0.1) is 0 Å². The number of halogens is 1. The number of benzene rings is 1. The van der Waals surface area contributed by atoms with Gasteiger partial charge >= 0.3 is 0 Å². The van der Waals surface area contributed by atoms with Gasteiger partial charge in [-0.25, -0.2) is 0 Å². The number of ether oxygens (including phenoxy) is 1. The van der Waals surface area contributed by atoms with E-state index in [1.165, 1.54) is 0 Å². The number of hydrogen-bond acceptors (Lipinski definition) is 3. The summed E-state index contributed by atoms with van der Waals surface area (Å²) in [6, 6.07) is 7.39. The summed E-state index contributed by atoms with van der Waals surface area (Å²) in [6.45, 7) is 2.77. The minimum atomic E-state index is -0.0295. The molecule has 0 spiro atoms. The predicted octanol–water partition coefficient (Wildman–Crippen LogP) is 2.76. The van der Waals surface area contributed by atoms with Crippen molar-refractivity contribution in [2.75, 3.05) is 13.7 Å². The fourth-order valence-corrected chi connectivity index (χ4v) is 3.46. The number of carbonyl (C=O) groups is 2. The zero-order valence-corrected chi connectivity index (χ0v) is 15.0. The van der Waals surface area contributed by atoms with E-state index in [1.807, 2.05) is 23.1 Å². The highest BCUT2D eigenvalue weighted by molar-refractivity contribution is 6.30. The molecule has 0 unspecified atom stereocenters. The standard InChI is InChI=1S/C18H25ClN2O3/c1-13(22)21-10-4-7-17(24-2)16(21)8-9-18(23)20-12-14-5-3-6-15(19)11-14/h3,5-6,11,16-17H,4,7-10,12H2,1-2H3,(H,20,23)/t16-,17-/m0/s1. The highest BCUT2D eigenvalue weighted by Crippen LogP contribution is 2.23. The first kappa shape index (κ1) is 18.7. The summed E-state index contributed by atoms with van der Waals surface area (Å²) in [6.07, 6.45) is 2.85. The smallest absolute Gasteiger partial charge is 0.220 e. The fourth-order valence-electron chi connectivity index (χ4n) is 3.24. The highest BCUT2D eigenvalue weighted by Gasteiger charge is 2.33. The van der Waals surface area contributed by atoms with Crippen LogP contribution in [0.4, 0.5) is 0 Å². The SMILES string of the molecule is CO[C@H]1CCCN(C(C)=O)[C@H]1CCC(=O)NCc1cccc(Cl)c1. The van der Waals surface area contributed by atoms with Crippen molar-refractivity contribution >= 4 is 23.4 Å². The van der Waals surface area contributed by atoms with Crippen molar-refractivity contribution in [2.45, 2.75) is 51.3 Å². The Balaban J connectivity index is 1.85. The van der Waals surface area contributed by atoms with Crippen LogP contribution in [0.3, 0.4) is 0 Å². The Bertz CT molecular complexity index is 579.